The molecule has 0 aromatic heterocycles. The summed E-state index contributed by atoms with van der Waals surface area (Å²) in [6, 6.07) is 3.96. The van der Waals surface area contributed by atoms with Crippen molar-refractivity contribution >= 4 is 9.84 Å². The Morgan fingerprint density at radius 2 is 2.19 bits per heavy atom. The minimum Gasteiger partial charge on any atom is -0.315 e. The third-order valence-electron chi connectivity index (χ3n) is 2.91. The van der Waals surface area contributed by atoms with Crippen LogP contribution in [0.3, 0.4) is 0 Å². The van der Waals surface area contributed by atoms with Gasteiger partial charge in [0.05, 0.1) is 10.1 Å². The molecular weight excluding hydrogens is 229 g/mol. The Hall–Kier alpha value is -0.940. The van der Waals surface area contributed by atoms with Gasteiger partial charge >= 0.3 is 0 Å². The predicted octanol–water partition coefficient (Wildman–Crippen LogP) is 1.27. The van der Waals surface area contributed by atoms with Gasteiger partial charge in [0.15, 0.2) is 9.84 Å². The number of hydrogen-bond acceptors (Lipinski definition) is 3. The molecule has 0 amide bonds. The molecule has 0 saturated carbocycles. The highest BCUT2D eigenvalue weighted by molar-refractivity contribution is 7.92. The SMILES string of the molecule is Cc1cc(S(=O)(=O)C2CCNC2)ccc1F. The molecule has 5 heteroatoms. The largest absolute Gasteiger partial charge is 0.315 e. The van der Waals surface area contributed by atoms with Crippen molar-refractivity contribution in [3.05, 3.63) is 29.6 Å². The first kappa shape index (κ1) is 11.5. The summed E-state index contributed by atoms with van der Waals surface area (Å²) in [6.45, 7) is 2.78. The molecule has 1 saturated heterocycles. The summed E-state index contributed by atoms with van der Waals surface area (Å²) >= 11 is 0. The van der Waals surface area contributed by atoms with Crippen molar-refractivity contribution in [2.45, 2.75) is 23.5 Å². The third-order valence-corrected chi connectivity index (χ3v) is 5.10. The molecule has 2 rings (SSSR count). The van der Waals surface area contributed by atoms with Gasteiger partial charge in [0, 0.05) is 6.54 Å². The molecule has 0 bridgehead atoms. The minimum absolute atomic E-state index is 0.222. The molecule has 1 aliphatic heterocycles. The van der Waals surface area contributed by atoms with Crippen molar-refractivity contribution in [1.82, 2.24) is 5.32 Å². The van der Waals surface area contributed by atoms with Crippen molar-refractivity contribution in [2.24, 2.45) is 0 Å². The molecule has 1 fully saturated rings. The first-order valence-corrected chi connectivity index (χ1v) is 6.77. The Morgan fingerprint density at radius 3 is 2.75 bits per heavy atom. The Bertz CT molecular complexity index is 493. The van der Waals surface area contributed by atoms with Gasteiger partial charge in [-0.2, -0.15) is 0 Å². The quantitative estimate of drug-likeness (QED) is 0.796. The van der Waals surface area contributed by atoms with Crippen LogP contribution in [0.2, 0.25) is 0 Å². The highest BCUT2D eigenvalue weighted by Gasteiger charge is 2.30. The molecule has 0 radical (unpaired) electrons. The fraction of sp³-hybridized carbons (Fsp3) is 0.455. The van der Waals surface area contributed by atoms with Gasteiger partial charge in [0.2, 0.25) is 0 Å². The Balaban J connectivity index is 2.39. The highest BCUT2D eigenvalue weighted by Crippen LogP contribution is 2.22. The average molecular weight is 243 g/mol. The predicted molar refractivity (Wildman–Crippen MR) is 59.6 cm³/mol. The first-order valence-electron chi connectivity index (χ1n) is 5.22. The van der Waals surface area contributed by atoms with Crippen molar-refractivity contribution < 1.29 is 12.8 Å². The van der Waals surface area contributed by atoms with E-state index in [-0.39, 0.29) is 16.0 Å². The summed E-state index contributed by atoms with van der Waals surface area (Å²) in [6.07, 6.45) is 0.624. The second kappa shape index (κ2) is 4.14. The van der Waals surface area contributed by atoms with Crippen LogP contribution in [0.15, 0.2) is 23.1 Å². The van der Waals surface area contributed by atoms with E-state index in [1.165, 1.54) is 18.2 Å². The number of rotatable bonds is 2. The molecule has 1 aliphatic rings. The maximum Gasteiger partial charge on any atom is 0.182 e. The molecule has 1 aromatic carbocycles. The van der Waals surface area contributed by atoms with Crippen molar-refractivity contribution in [1.29, 1.82) is 0 Å². The molecule has 88 valence electrons. The van der Waals surface area contributed by atoms with Crippen LogP contribution in [0.5, 0.6) is 0 Å². The monoisotopic (exact) mass is 243 g/mol. The Labute approximate surface area is 94.6 Å². The lowest BCUT2D eigenvalue weighted by Crippen LogP contribution is -2.24. The number of hydrogen-bond donors (Lipinski definition) is 1. The van der Waals surface area contributed by atoms with Crippen molar-refractivity contribution in [3.8, 4) is 0 Å². The van der Waals surface area contributed by atoms with Gasteiger partial charge in [-0.15, -0.1) is 0 Å². The topological polar surface area (TPSA) is 46.2 Å². The maximum absolute atomic E-state index is 13.1. The minimum atomic E-state index is -3.31. The van der Waals surface area contributed by atoms with E-state index in [4.69, 9.17) is 0 Å². The van der Waals surface area contributed by atoms with Gasteiger partial charge in [0.1, 0.15) is 5.82 Å². The number of halogens is 1. The number of benzene rings is 1. The molecule has 16 heavy (non-hydrogen) atoms. The molecule has 1 heterocycles. The van der Waals surface area contributed by atoms with Crippen LogP contribution in [0, 0.1) is 12.7 Å². The summed E-state index contributed by atoms with van der Waals surface area (Å²) in [4.78, 5) is 0.222. The molecular formula is C11H14FNO2S. The normalized spacial score (nSPS) is 21.2. The van der Waals surface area contributed by atoms with E-state index in [2.05, 4.69) is 5.32 Å². The standard InChI is InChI=1S/C11H14FNO2S/c1-8-6-9(2-3-11(8)12)16(14,15)10-4-5-13-7-10/h2-3,6,10,13H,4-5,7H2,1H3. The second-order valence-corrected chi connectivity index (χ2v) is 6.30. The summed E-state index contributed by atoms with van der Waals surface area (Å²) in [5.74, 6) is -0.372. The zero-order valence-corrected chi connectivity index (χ0v) is 9.85. The van der Waals surface area contributed by atoms with Crippen LogP contribution in [0.25, 0.3) is 0 Å². The molecule has 1 aromatic rings. The average Bonchev–Trinajstić information content (AvgIpc) is 2.75. The summed E-state index contributed by atoms with van der Waals surface area (Å²) in [5.41, 5.74) is 0.368. The van der Waals surface area contributed by atoms with E-state index in [1.54, 1.807) is 6.92 Å². The van der Waals surface area contributed by atoms with Crippen LogP contribution in [-0.4, -0.2) is 26.8 Å². The van der Waals surface area contributed by atoms with Crippen molar-refractivity contribution in [2.75, 3.05) is 13.1 Å². The first-order chi connectivity index (χ1) is 7.51. The van der Waals surface area contributed by atoms with Gasteiger partial charge in [-0.05, 0) is 43.7 Å². The summed E-state index contributed by atoms with van der Waals surface area (Å²) < 4.78 is 37.3. The van der Waals surface area contributed by atoms with Crippen LogP contribution in [0.4, 0.5) is 4.39 Å². The lowest BCUT2D eigenvalue weighted by Gasteiger charge is -2.11. The van der Waals surface area contributed by atoms with Gasteiger partial charge in [-0.1, -0.05) is 0 Å². The lowest BCUT2D eigenvalue weighted by atomic mass is 10.2. The number of sulfone groups is 1. The van der Waals surface area contributed by atoms with Gasteiger partial charge in [-0.3, -0.25) is 0 Å². The fourth-order valence-corrected chi connectivity index (χ4v) is 3.63. The van der Waals surface area contributed by atoms with Crippen LogP contribution in [0.1, 0.15) is 12.0 Å². The fourth-order valence-electron chi connectivity index (χ4n) is 1.88. The van der Waals surface area contributed by atoms with E-state index in [1.807, 2.05) is 0 Å². The van der Waals surface area contributed by atoms with E-state index in [9.17, 15) is 12.8 Å². The van der Waals surface area contributed by atoms with E-state index in [0.29, 0.717) is 18.5 Å². The highest BCUT2D eigenvalue weighted by atomic mass is 32.2. The maximum atomic E-state index is 13.1. The van der Waals surface area contributed by atoms with Crippen LogP contribution in [-0.2, 0) is 9.84 Å². The number of nitrogens with one attached hydrogen (secondary N) is 1. The van der Waals surface area contributed by atoms with Crippen LogP contribution >= 0.6 is 0 Å². The zero-order chi connectivity index (χ0) is 11.8. The number of aryl methyl sites for hydroxylation is 1. The zero-order valence-electron chi connectivity index (χ0n) is 9.03. The van der Waals surface area contributed by atoms with E-state index in [0.717, 1.165) is 6.54 Å². The van der Waals surface area contributed by atoms with E-state index >= 15 is 0 Å². The lowest BCUT2D eigenvalue weighted by molar-refractivity contribution is 0.581. The molecule has 0 spiro atoms. The molecule has 0 aliphatic carbocycles. The van der Waals surface area contributed by atoms with Gasteiger partial charge in [0.25, 0.3) is 0 Å². The third kappa shape index (κ3) is 1.97. The molecule has 1 N–H and O–H groups in total. The van der Waals surface area contributed by atoms with Gasteiger partial charge in [-0.25, -0.2) is 12.8 Å². The van der Waals surface area contributed by atoms with Crippen molar-refractivity contribution in [3.63, 3.8) is 0 Å². The smallest absolute Gasteiger partial charge is 0.182 e. The second-order valence-electron chi connectivity index (χ2n) is 4.07. The van der Waals surface area contributed by atoms with Gasteiger partial charge < -0.3 is 5.32 Å². The Morgan fingerprint density at radius 1 is 1.44 bits per heavy atom. The van der Waals surface area contributed by atoms with E-state index < -0.39 is 9.84 Å². The molecule has 1 atom stereocenters. The molecule has 1 unspecified atom stereocenters. The summed E-state index contributed by atoms with van der Waals surface area (Å²) in [7, 11) is -3.31. The molecule has 3 nitrogen and oxygen atoms in total. The summed E-state index contributed by atoms with van der Waals surface area (Å²) in [5, 5.41) is 2.64. The Kier molecular flexibility index (Phi) is 2.99. The van der Waals surface area contributed by atoms with Crippen LogP contribution < -0.4 is 5.32 Å².